The van der Waals surface area contributed by atoms with Crippen molar-refractivity contribution in [1.29, 1.82) is 0 Å². The van der Waals surface area contributed by atoms with E-state index in [4.69, 9.17) is 4.74 Å². The molecule has 148 valence electrons. The summed E-state index contributed by atoms with van der Waals surface area (Å²) in [7, 11) is -0.0386. The average molecular weight is 406 g/mol. The van der Waals surface area contributed by atoms with E-state index in [1.165, 1.54) is 16.4 Å². The first-order valence-electron chi connectivity index (χ1n) is 8.41. The molecule has 1 heterocycles. The summed E-state index contributed by atoms with van der Waals surface area (Å²) in [4.78, 5) is 14.1. The van der Waals surface area contributed by atoms with Crippen LogP contribution >= 0.6 is 12.4 Å². The van der Waals surface area contributed by atoms with Gasteiger partial charge in [0, 0.05) is 38.8 Å². The van der Waals surface area contributed by atoms with Gasteiger partial charge < -0.3 is 15.0 Å². The van der Waals surface area contributed by atoms with Crippen LogP contribution in [-0.4, -0.2) is 76.0 Å². The van der Waals surface area contributed by atoms with Gasteiger partial charge in [-0.25, -0.2) is 8.42 Å². The molecule has 0 aromatic heterocycles. The van der Waals surface area contributed by atoms with Gasteiger partial charge in [-0.2, -0.15) is 4.31 Å². The van der Waals surface area contributed by atoms with Crippen LogP contribution in [0, 0.1) is 0 Å². The van der Waals surface area contributed by atoms with E-state index in [-0.39, 0.29) is 35.4 Å². The number of benzene rings is 1. The summed E-state index contributed by atoms with van der Waals surface area (Å²) in [5.74, 6) is -0.132. The second-order valence-corrected chi connectivity index (χ2v) is 8.37. The van der Waals surface area contributed by atoms with Crippen LogP contribution in [0.4, 0.5) is 0 Å². The van der Waals surface area contributed by atoms with E-state index in [2.05, 4.69) is 5.32 Å². The number of hydrogen-bond donors (Lipinski definition) is 1. The van der Waals surface area contributed by atoms with Crippen molar-refractivity contribution in [3.63, 3.8) is 0 Å². The van der Waals surface area contributed by atoms with Crippen molar-refractivity contribution in [2.45, 2.75) is 31.0 Å². The fourth-order valence-corrected chi connectivity index (χ4v) is 4.44. The van der Waals surface area contributed by atoms with Crippen LogP contribution in [0.1, 0.15) is 24.2 Å². The second kappa shape index (κ2) is 9.66. The molecule has 7 nitrogen and oxygen atoms in total. The predicted molar refractivity (Wildman–Crippen MR) is 103 cm³/mol. The molecule has 0 radical (unpaired) electrons. The van der Waals surface area contributed by atoms with Crippen LogP contribution in [0.25, 0.3) is 0 Å². The zero-order valence-corrected chi connectivity index (χ0v) is 17.3. The first-order valence-corrected chi connectivity index (χ1v) is 9.85. The Labute approximate surface area is 162 Å². The summed E-state index contributed by atoms with van der Waals surface area (Å²) in [5.41, 5.74) is 0.473. The normalized spacial score (nSPS) is 21.1. The second-order valence-electron chi connectivity index (χ2n) is 6.43. The van der Waals surface area contributed by atoms with E-state index < -0.39 is 10.0 Å². The third-order valence-corrected chi connectivity index (χ3v) is 6.01. The fourth-order valence-electron chi connectivity index (χ4n) is 2.85. The molecule has 0 aliphatic carbocycles. The van der Waals surface area contributed by atoms with Gasteiger partial charge in [-0.3, -0.25) is 4.79 Å². The highest BCUT2D eigenvalue weighted by Gasteiger charge is 2.32. The lowest BCUT2D eigenvalue weighted by Gasteiger charge is -2.34. The summed E-state index contributed by atoms with van der Waals surface area (Å²) in [5, 5.41) is 2.99. The van der Waals surface area contributed by atoms with E-state index in [1.54, 1.807) is 24.1 Å². The van der Waals surface area contributed by atoms with Gasteiger partial charge in [0.15, 0.2) is 0 Å². The molecule has 26 heavy (non-hydrogen) atoms. The van der Waals surface area contributed by atoms with Gasteiger partial charge >= 0.3 is 0 Å². The third-order valence-electron chi connectivity index (χ3n) is 4.17. The summed E-state index contributed by atoms with van der Waals surface area (Å²) in [6.45, 7) is 5.67. The van der Waals surface area contributed by atoms with Crippen molar-refractivity contribution >= 4 is 28.3 Å². The Hall–Kier alpha value is -1.19. The van der Waals surface area contributed by atoms with Crippen molar-refractivity contribution in [2.24, 2.45) is 0 Å². The quantitative estimate of drug-likeness (QED) is 0.769. The lowest BCUT2D eigenvalue weighted by Crippen LogP contribution is -2.48. The Morgan fingerprint density at radius 3 is 2.27 bits per heavy atom. The Bertz CT molecular complexity index is 686. The zero-order chi connectivity index (χ0) is 18.6. The van der Waals surface area contributed by atoms with Gasteiger partial charge in [0.2, 0.25) is 10.0 Å². The van der Waals surface area contributed by atoms with E-state index in [0.717, 1.165) is 0 Å². The van der Waals surface area contributed by atoms with Gasteiger partial charge in [-0.15, -0.1) is 12.4 Å². The number of carbonyl (C=O) groups excluding carboxylic acids is 1. The largest absolute Gasteiger partial charge is 0.373 e. The van der Waals surface area contributed by atoms with Crippen LogP contribution in [-0.2, 0) is 14.8 Å². The number of carbonyl (C=O) groups is 1. The van der Waals surface area contributed by atoms with Crippen LogP contribution in [0.3, 0.4) is 0 Å². The molecular formula is C17H28ClN3O4S. The maximum absolute atomic E-state index is 12.8. The van der Waals surface area contributed by atoms with Crippen molar-refractivity contribution in [2.75, 3.05) is 40.3 Å². The number of nitrogens with zero attached hydrogens (tertiary/aromatic N) is 2. The first-order chi connectivity index (χ1) is 11.8. The summed E-state index contributed by atoms with van der Waals surface area (Å²) < 4.78 is 32.6. The molecule has 1 aliphatic heterocycles. The Balaban J connectivity index is 0.00000338. The number of nitrogens with one attached hydrogen (secondary N) is 1. The Morgan fingerprint density at radius 2 is 1.77 bits per heavy atom. The number of halogens is 1. The molecule has 2 atom stereocenters. The van der Waals surface area contributed by atoms with E-state index in [0.29, 0.717) is 31.7 Å². The number of rotatable bonds is 6. The molecule has 1 aromatic rings. The molecule has 0 saturated carbocycles. The maximum Gasteiger partial charge on any atom is 0.253 e. The molecule has 1 amide bonds. The van der Waals surface area contributed by atoms with E-state index in [9.17, 15) is 13.2 Å². The monoisotopic (exact) mass is 405 g/mol. The Morgan fingerprint density at radius 1 is 1.23 bits per heavy atom. The summed E-state index contributed by atoms with van der Waals surface area (Å²) in [6, 6.07) is 6.13. The minimum atomic E-state index is -3.59. The number of ether oxygens (including phenoxy) is 1. The molecule has 0 spiro atoms. The van der Waals surface area contributed by atoms with Gasteiger partial charge in [0.05, 0.1) is 17.1 Å². The minimum Gasteiger partial charge on any atom is -0.373 e. The number of likely N-dealkylation sites (N-methyl/N-ethyl adjacent to an activating group) is 2. The minimum absolute atomic E-state index is 0. The molecular weight excluding hydrogens is 378 g/mol. The molecule has 1 aliphatic rings. The van der Waals surface area contributed by atoms with Gasteiger partial charge in [0.1, 0.15) is 0 Å². The van der Waals surface area contributed by atoms with Gasteiger partial charge in [-0.1, -0.05) is 0 Å². The lowest BCUT2D eigenvalue weighted by molar-refractivity contribution is -0.0440. The molecule has 2 rings (SSSR count). The number of sulfonamides is 1. The van der Waals surface area contributed by atoms with E-state index in [1.807, 2.05) is 20.9 Å². The van der Waals surface area contributed by atoms with Crippen LogP contribution in [0.15, 0.2) is 29.2 Å². The van der Waals surface area contributed by atoms with Crippen molar-refractivity contribution in [1.82, 2.24) is 14.5 Å². The topological polar surface area (TPSA) is 79.0 Å². The number of morpholine rings is 1. The summed E-state index contributed by atoms with van der Waals surface area (Å²) in [6.07, 6.45) is -0.277. The summed E-state index contributed by atoms with van der Waals surface area (Å²) >= 11 is 0. The molecule has 1 fully saturated rings. The third kappa shape index (κ3) is 5.40. The van der Waals surface area contributed by atoms with Crippen molar-refractivity contribution < 1.29 is 17.9 Å². The zero-order valence-electron chi connectivity index (χ0n) is 15.6. The standard InChI is InChI=1S/C17H27N3O4S.ClH/c1-13-11-20(12-14(2)24-13)25(22,23)16-7-5-15(6-8-16)17(21)19(4)10-9-18-3;/h5-8,13-14,18H,9-12H2,1-4H3;1H. The fraction of sp³-hybridized carbons (Fsp3) is 0.588. The smallest absolute Gasteiger partial charge is 0.253 e. The van der Waals surface area contributed by atoms with E-state index >= 15 is 0 Å². The van der Waals surface area contributed by atoms with Crippen molar-refractivity contribution in [3.05, 3.63) is 29.8 Å². The molecule has 1 saturated heterocycles. The van der Waals surface area contributed by atoms with Crippen LogP contribution < -0.4 is 5.32 Å². The maximum atomic E-state index is 12.8. The van der Waals surface area contributed by atoms with Crippen LogP contribution in [0.5, 0.6) is 0 Å². The van der Waals surface area contributed by atoms with Gasteiger partial charge in [0.25, 0.3) is 5.91 Å². The first kappa shape index (κ1) is 22.9. The molecule has 1 N–H and O–H groups in total. The highest BCUT2D eigenvalue weighted by atomic mass is 35.5. The molecule has 0 bridgehead atoms. The SMILES string of the molecule is CNCCN(C)C(=O)c1ccc(S(=O)(=O)N2CC(C)OC(C)C2)cc1.Cl. The lowest BCUT2D eigenvalue weighted by atomic mass is 10.2. The Kier molecular flexibility index (Phi) is 8.49. The number of amides is 1. The highest BCUT2D eigenvalue weighted by molar-refractivity contribution is 7.89. The van der Waals surface area contributed by atoms with Crippen molar-refractivity contribution in [3.8, 4) is 0 Å². The van der Waals surface area contributed by atoms with Crippen LogP contribution in [0.2, 0.25) is 0 Å². The molecule has 9 heteroatoms. The predicted octanol–water partition coefficient (Wildman–Crippen LogP) is 1.20. The molecule has 1 aromatic carbocycles. The average Bonchev–Trinajstić information content (AvgIpc) is 2.58. The van der Waals surface area contributed by atoms with Gasteiger partial charge in [-0.05, 0) is 45.2 Å². The molecule has 2 unspecified atom stereocenters. The number of hydrogen-bond acceptors (Lipinski definition) is 5. The highest BCUT2D eigenvalue weighted by Crippen LogP contribution is 2.21.